The van der Waals surface area contributed by atoms with Gasteiger partial charge in [0.15, 0.2) is 0 Å². The third-order valence-corrected chi connectivity index (χ3v) is 5.44. The molecule has 2 N–H and O–H groups in total. The molecule has 0 saturated carbocycles. The topological polar surface area (TPSA) is 123 Å². The van der Waals surface area contributed by atoms with Gasteiger partial charge >= 0.3 is 0 Å². The monoisotopic (exact) mass is 444 g/mol. The van der Waals surface area contributed by atoms with Crippen molar-refractivity contribution in [3.05, 3.63) is 88.2 Å². The number of ether oxygens (including phenoxy) is 1. The second-order valence-electron chi connectivity index (χ2n) is 6.20. The molecule has 0 fully saturated rings. The van der Waals surface area contributed by atoms with Crippen molar-refractivity contribution in [2.24, 2.45) is 5.10 Å². The van der Waals surface area contributed by atoms with E-state index in [0.29, 0.717) is 11.3 Å². The highest BCUT2D eigenvalue weighted by molar-refractivity contribution is 7.92. The maximum absolute atomic E-state index is 13.2. The molecule has 3 aromatic rings. The van der Waals surface area contributed by atoms with Gasteiger partial charge in [0, 0.05) is 11.8 Å². The number of rotatable bonds is 8. The summed E-state index contributed by atoms with van der Waals surface area (Å²) in [6.45, 7) is 0. The number of sulfonamides is 1. The second-order valence-corrected chi connectivity index (χ2v) is 7.88. The number of anilines is 2. The minimum Gasteiger partial charge on any atom is -0.497 e. The fourth-order valence-electron chi connectivity index (χ4n) is 2.56. The Hall–Kier alpha value is -3.99. The van der Waals surface area contributed by atoms with Crippen LogP contribution in [0.2, 0.25) is 0 Å². The van der Waals surface area contributed by atoms with Gasteiger partial charge in [0.05, 0.1) is 23.1 Å². The van der Waals surface area contributed by atoms with E-state index in [1.807, 2.05) is 0 Å². The maximum Gasteiger partial charge on any atom is 0.295 e. The Labute approximate surface area is 177 Å². The van der Waals surface area contributed by atoms with Crippen molar-refractivity contribution in [1.82, 2.24) is 0 Å². The van der Waals surface area contributed by atoms with Crippen LogP contribution in [0, 0.1) is 15.9 Å². The van der Waals surface area contributed by atoms with Gasteiger partial charge in [-0.2, -0.15) is 5.10 Å². The molecule has 31 heavy (non-hydrogen) atoms. The predicted molar refractivity (Wildman–Crippen MR) is 115 cm³/mol. The van der Waals surface area contributed by atoms with E-state index in [-0.39, 0.29) is 16.3 Å². The van der Waals surface area contributed by atoms with Crippen LogP contribution in [0.1, 0.15) is 5.56 Å². The van der Waals surface area contributed by atoms with Crippen LogP contribution >= 0.6 is 0 Å². The number of nitrogens with zero attached hydrogens (tertiary/aromatic N) is 2. The number of methoxy groups -OCH3 is 1. The Balaban J connectivity index is 1.82. The zero-order valence-corrected chi connectivity index (χ0v) is 17.0. The first-order valence-electron chi connectivity index (χ1n) is 8.78. The molecule has 0 amide bonds. The van der Waals surface area contributed by atoms with E-state index in [4.69, 9.17) is 4.74 Å². The van der Waals surface area contributed by atoms with Crippen molar-refractivity contribution in [2.45, 2.75) is 4.90 Å². The first-order valence-corrected chi connectivity index (χ1v) is 10.3. The highest BCUT2D eigenvalue weighted by atomic mass is 32.2. The van der Waals surface area contributed by atoms with Gasteiger partial charge < -0.3 is 4.74 Å². The number of halogens is 1. The third kappa shape index (κ3) is 5.54. The number of benzene rings is 3. The summed E-state index contributed by atoms with van der Waals surface area (Å²) in [5, 5.41) is 15.3. The minimum absolute atomic E-state index is 0.0268. The molecule has 0 heterocycles. The summed E-state index contributed by atoms with van der Waals surface area (Å²) in [5.41, 5.74) is 2.67. The fourth-order valence-corrected chi connectivity index (χ4v) is 3.64. The van der Waals surface area contributed by atoms with E-state index >= 15 is 0 Å². The Morgan fingerprint density at radius 3 is 2.48 bits per heavy atom. The van der Waals surface area contributed by atoms with Gasteiger partial charge in [-0.1, -0.05) is 12.1 Å². The molecule has 0 aliphatic rings. The van der Waals surface area contributed by atoms with E-state index in [2.05, 4.69) is 15.2 Å². The van der Waals surface area contributed by atoms with Gasteiger partial charge in [0.25, 0.3) is 15.7 Å². The summed E-state index contributed by atoms with van der Waals surface area (Å²) >= 11 is 0. The van der Waals surface area contributed by atoms with Crippen LogP contribution in [0.4, 0.5) is 21.5 Å². The van der Waals surface area contributed by atoms with Gasteiger partial charge in [0.1, 0.15) is 17.3 Å². The first-order chi connectivity index (χ1) is 14.8. The van der Waals surface area contributed by atoms with Crippen LogP contribution in [0.25, 0.3) is 0 Å². The number of hydrazone groups is 1. The summed E-state index contributed by atoms with van der Waals surface area (Å²) in [6, 6.07) is 15.1. The Morgan fingerprint density at radius 1 is 1.10 bits per heavy atom. The molecule has 0 aliphatic carbocycles. The lowest BCUT2D eigenvalue weighted by Gasteiger charge is -2.10. The van der Waals surface area contributed by atoms with E-state index in [1.165, 1.54) is 55.8 Å². The smallest absolute Gasteiger partial charge is 0.295 e. The summed E-state index contributed by atoms with van der Waals surface area (Å²) in [5.74, 6) is 0.0988. The van der Waals surface area contributed by atoms with Gasteiger partial charge in [0.2, 0.25) is 0 Å². The normalized spacial score (nSPS) is 11.3. The molecule has 0 bridgehead atoms. The van der Waals surface area contributed by atoms with Crippen molar-refractivity contribution < 1.29 is 22.5 Å². The summed E-state index contributed by atoms with van der Waals surface area (Å²) in [7, 11) is -2.59. The average molecular weight is 444 g/mol. The van der Waals surface area contributed by atoms with Crippen molar-refractivity contribution in [3.8, 4) is 5.75 Å². The van der Waals surface area contributed by atoms with Gasteiger partial charge in [-0.05, 0) is 54.1 Å². The molecule has 11 heteroatoms. The molecule has 0 atom stereocenters. The Kier molecular flexibility index (Phi) is 6.46. The predicted octanol–water partition coefficient (Wildman–Crippen LogP) is 3.99. The van der Waals surface area contributed by atoms with Crippen molar-refractivity contribution in [2.75, 3.05) is 17.3 Å². The molecule has 160 valence electrons. The van der Waals surface area contributed by atoms with Crippen LogP contribution in [0.15, 0.2) is 76.7 Å². The van der Waals surface area contributed by atoms with Crippen molar-refractivity contribution >= 4 is 33.3 Å². The fraction of sp³-hybridized carbons (Fsp3) is 0.0500. The van der Waals surface area contributed by atoms with Crippen LogP contribution in [-0.2, 0) is 10.0 Å². The summed E-state index contributed by atoms with van der Waals surface area (Å²) in [6.07, 6.45) is 1.28. The van der Waals surface area contributed by atoms with Crippen LogP contribution in [0.5, 0.6) is 5.75 Å². The largest absolute Gasteiger partial charge is 0.497 e. The van der Waals surface area contributed by atoms with Crippen molar-refractivity contribution in [3.63, 3.8) is 0 Å². The number of nitro benzene ring substituents is 1. The van der Waals surface area contributed by atoms with Gasteiger partial charge in [-0.15, -0.1) is 0 Å². The molecule has 0 aromatic heterocycles. The highest BCUT2D eigenvalue weighted by Gasteiger charge is 2.21. The molecule has 3 aromatic carbocycles. The van der Waals surface area contributed by atoms with Crippen molar-refractivity contribution in [1.29, 1.82) is 0 Å². The second kappa shape index (κ2) is 9.22. The zero-order valence-electron chi connectivity index (χ0n) is 16.2. The molecule has 0 radical (unpaired) electrons. The van der Waals surface area contributed by atoms with Crippen LogP contribution in [0.3, 0.4) is 0 Å². The molecular formula is C20H17FN4O5S. The van der Waals surface area contributed by atoms with Gasteiger partial charge in [-0.3, -0.25) is 20.3 Å². The minimum atomic E-state index is -4.08. The first kappa shape index (κ1) is 21.7. The number of nitrogens with one attached hydrogen (secondary N) is 2. The molecule has 3 rings (SSSR count). The average Bonchev–Trinajstić information content (AvgIpc) is 2.74. The Morgan fingerprint density at radius 2 is 1.84 bits per heavy atom. The highest BCUT2D eigenvalue weighted by Crippen LogP contribution is 2.29. The van der Waals surface area contributed by atoms with E-state index < -0.39 is 26.5 Å². The molecular weight excluding hydrogens is 427 g/mol. The van der Waals surface area contributed by atoms with E-state index in [9.17, 15) is 22.9 Å². The van der Waals surface area contributed by atoms with Gasteiger partial charge in [-0.25, -0.2) is 12.8 Å². The maximum atomic E-state index is 13.2. The molecule has 0 aliphatic heterocycles. The summed E-state index contributed by atoms with van der Waals surface area (Å²) in [4.78, 5) is 10.4. The molecule has 9 nitrogen and oxygen atoms in total. The molecule has 0 unspecified atom stereocenters. The summed E-state index contributed by atoms with van der Waals surface area (Å²) < 4.78 is 45.8. The van der Waals surface area contributed by atoms with Crippen LogP contribution in [-0.4, -0.2) is 26.7 Å². The number of hydrogen-bond donors (Lipinski definition) is 2. The molecule has 0 spiro atoms. The SMILES string of the molecule is COc1ccc(NS(=O)(=O)c2ccc(NN=Cc3cccc(F)c3)c([N+](=O)[O-])c2)cc1. The number of nitro groups is 1. The molecule has 0 saturated heterocycles. The standard InChI is InChI=1S/C20H17FN4O5S/c1-30-17-7-5-16(6-8-17)24-31(28,29)18-9-10-19(20(12-18)25(26)27)23-22-13-14-3-2-4-15(21)11-14/h2-13,23-24H,1H3. The van der Waals surface area contributed by atoms with E-state index in [0.717, 1.165) is 6.07 Å². The third-order valence-electron chi connectivity index (χ3n) is 4.07. The number of hydrogen-bond acceptors (Lipinski definition) is 7. The quantitative estimate of drug-likeness (QED) is 0.308. The lowest BCUT2D eigenvalue weighted by Crippen LogP contribution is -2.13. The lowest BCUT2D eigenvalue weighted by atomic mass is 10.2. The van der Waals surface area contributed by atoms with E-state index in [1.54, 1.807) is 18.2 Å². The zero-order chi connectivity index (χ0) is 22.4. The lowest BCUT2D eigenvalue weighted by molar-refractivity contribution is -0.384. The Bertz CT molecular complexity index is 1230. The van der Waals surface area contributed by atoms with Crippen LogP contribution < -0.4 is 14.9 Å².